The van der Waals surface area contributed by atoms with Gasteiger partial charge in [-0.25, -0.2) is 4.98 Å². The van der Waals surface area contributed by atoms with Gasteiger partial charge in [0.15, 0.2) is 0 Å². The molecule has 15 heavy (non-hydrogen) atoms. The Kier molecular flexibility index (Phi) is 4.55. The lowest BCUT2D eigenvalue weighted by Crippen LogP contribution is -2.17. The Morgan fingerprint density at radius 3 is 2.93 bits per heavy atom. The Balaban J connectivity index is 2.51. The molecule has 4 nitrogen and oxygen atoms in total. The van der Waals surface area contributed by atoms with Crippen LogP contribution in [0.2, 0.25) is 0 Å². The number of nitrogens with zero attached hydrogens (tertiary/aromatic N) is 1. The Hall–Kier alpha value is -1.10. The molecule has 0 bridgehead atoms. The van der Waals surface area contributed by atoms with Crippen LogP contribution in [0.1, 0.15) is 12.6 Å². The number of hydrogen-bond acceptors (Lipinski definition) is 4. The van der Waals surface area contributed by atoms with Crippen LogP contribution in [0.4, 0.5) is 5.82 Å². The molecule has 0 aromatic carbocycles. The molecule has 0 aliphatic carbocycles. The van der Waals surface area contributed by atoms with Crippen LogP contribution in [-0.2, 0) is 9.53 Å². The van der Waals surface area contributed by atoms with Gasteiger partial charge < -0.3 is 10.1 Å². The van der Waals surface area contributed by atoms with Crippen molar-refractivity contribution in [2.24, 2.45) is 0 Å². The Morgan fingerprint density at radius 2 is 2.33 bits per heavy atom. The number of rotatable bonds is 4. The van der Waals surface area contributed by atoms with Gasteiger partial charge in [0.2, 0.25) is 0 Å². The third-order valence-corrected chi connectivity index (χ3v) is 2.58. The average Bonchev–Trinajstić information content (AvgIpc) is 2.20. The van der Waals surface area contributed by atoms with Crippen LogP contribution >= 0.6 is 15.9 Å². The van der Waals surface area contributed by atoms with Crippen LogP contribution in [0.3, 0.4) is 0 Å². The molecule has 1 aromatic heterocycles. The van der Waals surface area contributed by atoms with Crippen molar-refractivity contribution in [3.8, 4) is 0 Å². The lowest BCUT2D eigenvalue weighted by Gasteiger charge is -2.06. The number of ether oxygens (including phenoxy) is 1. The summed E-state index contributed by atoms with van der Waals surface area (Å²) in [6, 6.07) is 3.69. The zero-order chi connectivity index (χ0) is 11.3. The molecular formula is C10H13BrN2O2. The maximum absolute atomic E-state index is 11.0. The molecule has 0 spiro atoms. The number of anilines is 1. The Morgan fingerprint density at radius 1 is 1.60 bits per heavy atom. The Bertz CT molecular complexity index is 355. The highest BCUT2D eigenvalue weighted by atomic mass is 79.9. The number of halogens is 1. The van der Waals surface area contributed by atoms with E-state index >= 15 is 0 Å². The van der Waals surface area contributed by atoms with Gasteiger partial charge >= 0.3 is 5.97 Å². The smallest absolute Gasteiger partial charge is 0.325 e. The molecule has 1 heterocycles. The highest BCUT2D eigenvalue weighted by molar-refractivity contribution is 9.10. The maximum atomic E-state index is 11.0. The summed E-state index contributed by atoms with van der Waals surface area (Å²) in [5.41, 5.74) is 0.879. The van der Waals surface area contributed by atoms with Gasteiger partial charge in [0, 0.05) is 4.47 Å². The van der Waals surface area contributed by atoms with E-state index in [9.17, 15) is 4.79 Å². The number of carbonyl (C=O) groups is 1. The van der Waals surface area contributed by atoms with Crippen molar-refractivity contribution in [2.75, 3.05) is 18.5 Å². The molecule has 0 saturated heterocycles. The van der Waals surface area contributed by atoms with E-state index < -0.39 is 0 Å². The van der Waals surface area contributed by atoms with Gasteiger partial charge in [-0.2, -0.15) is 0 Å². The van der Waals surface area contributed by atoms with Crippen molar-refractivity contribution in [2.45, 2.75) is 13.8 Å². The number of esters is 1. The van der Waals surface area contributed by atoms with E-state index in [0.717, 1.165) is 10.2 Å². The third-order valence-electron chi connectivity index (χ3n) is 1.74. The molecule has 5 heteroatoms. The summed E-state index contributed by atoms with van der Waals surface area (Å²) < 4.78 is 5.73. The van der Waals surface area contributed by atoms with E-state index in [2.05, 4.69) is 26.2 Å². The summed E-state index contributed by atoms with van der Waals surface area (Å²) in [7, 11) is 0. The van der Waals surface area contributed by atoms with Crippen molar-refractivity contribution in [3.63, 3.8) is 0 Å². The molecule has 1 rings (SSSR count). The van der Waals surface area contributed by atoms with E-state index in [1.54, 1.807) is 13.0 Å². The number of hydrogen-bond donors (Lipinski definition) is 1. The van der Waals surface area contributed by atoms with Crippen molar-refractivity contribution >= 4 is 27.7 Å². The second-order valence-electron chi connectivity index (χ2n) is 2.92. The monoisotopic (exact) mass is 272 g/mol. The second-order valence-corrected chi connectivity index (χ2v) is 3.78. The molecule has 1 N–H and O–H groups in total. The summed E-state index contributed by atoms with van der Waals surface area (Å²) in [4.78, 5) is 15.3. The van der Waals surface area contributed by atoms with Crippen molar-refractivity contribution in [1.29, 1.82) is 0 Å². The summed E-state index contributed by atoms with van der Waals surface area (Å²) >= 11 is 3.35. The molecule has 0 atom stereocenters. The topological polar surface area (TPSA) is 51.2 Å². The molecule has 0 fully saturated rings. The highest BCUT2D eigenvalue weighted by Crippen LogP contribution is 2.15. The first-order chi connectivity index (χ1) is 7.13. The molecule has 0 unspecified atom stereocenters. The predicted octanol–water partition coefficient (Wildman–Crippen LogP) is 2.13. The third kappa shape index (κ3) is 3.87. The minimum Gasteiger partial charge on any atom is -0.465 e. The van der Waals surface area contributed by atoms with Gasteiger partial charge in [0.05, 0.1) is 12.3 Å². The van der Waals surface area contributed by atoms with Crippen LogP contribution < -0.4 is 5.32 Å². The highest BCUT2D eigenvalue weighted by Gasteiger charge is 2.02. The van der Waals surface area contributed by atoms with Gasteiger partial charge in [-0.3, -0.25) is 4.79 Å². The van der Waals surface area contributed by atoms with E-state index in [1.807, 2.05) is 13.0 Å². The van der Waals surface area contributed by atoms with Crippen molar-refractivity contribution in [3.05, 3.63) is 22.3 Å². The van der Waals surface area contributed by atoms with E-state index in [4.69, 9.17) is 4.74 Å². The second kappa shape index (κ2) is 5.70. The van der Waals surface area contributed by atoms with Crippen molar-refractivity contribution < 1.29 is 9.53 Å². The predicted molar refractivity (Wildman–Crippen MR) is 61.8 cm³/mol. The molecule has 0 aliphatic heterocycles. The fourth-order valence-electron chi connectivity index (χ4n) is 1.02. The molecule has 0 amide bonds. The minimum absolute atomic E-state index is 0.141. The number of pyridine rings is 1. The fourth-order valence-corrected chi connectivity index (χ4v) is 1.24. The van der Waals surface area contributed by atoms with Crippen LogP contribution in [0, 0.1) is 6.92 Å². The summed E-state index contributed by atoms with van der Waals surface area (Å²) in [6.07, 6.45) is 0. The molecule has 82 valence electrons. The summed E-state index contributed by atoms with van der Waals surface area (Å²) in [6.45, 7) is 4.20. The first-order valence-electron chi connectivity index (χ1n) is 4.66. The number of aryl methyl sites for hydroxylation is 1. The van der Waals surface area contributed by atoms with E-state index in [1.165, 1.54) is 0 Å². The molecule has 0 aliphatic rings. The first kappa shape index (κ1) is 12.0. The number of nitrogens with one attached hydrogen (secondary N) is 1. The summed E-state index contributed by atoms with van der Waals surface area (Å²) in [5.74, 6) is 0.392. The molecule has 1 aromatic rings. The largest absolute Gasteiger partial charge is 0.465 e. The number of aromatic nitrogens is 1. The maximum Gasteiger partial charge on any atom is 0.325 e. The zero-order valence-corrected chi connectivity index (χ0v) is 10.3. The average molecular weight is 273 g/mol. The lowest BCUT2D eigenvalue weighted by atomic mass is 10.4. The molecular weight excluding hydrogens is 260 g/mol. The quantitative estimate of drug-likeness (QED) is 0.854. The first-order valence-corrected chi connectivity index (χ1v) is 5.45. The SMILES string of the molecule is CCOC(=O)CNc1ccc(Br)c(C)n1. The summed E-state index contributed by atoms with van der Waals surface area (Å²) in [5, 5.41) is 2.89. The van der Waals surface area contributed by atoms with Gasteiger partial charge in [-0.15, -0.1) is 0 Å². The van der Waals surface area contributed by atoms with Crippen LogP contribution in [0.15, 0.2) is 16.6 Å². The normalized spacial score (nSPS) is 9.80. The number of carbonyl (C=O) groups excluding carboxylic acids is 1. The van der Waals surface area contributed by atoms with Crippen LogP contribution in [0.5, 0.6) is 0 Å². The Labute approximate surface area is 97.2 Å². The van der Waals surface area contributed by atoms with Gasteiger partial charge in [-0.05, 0) is 41.9 Å². The van der Waals surface area contributed by atoms with E-state index in [0.29, 0.717) is 12.4 Å². The van der Waals surface area contributed by atoms with Gasteiger partial charge in [-0.1, -0.05) is 0 Å². The van der Waals surface area contributed by atoms with Crippen molar-refractivity contribution in [1.82, 2.24) is 4.98 Å². The fraction of sp³-hybridized carbons (Fsp3) is 0.400. The van der Waals surface area contributed by atoms with Crippen LogP contribution in [-0.4, -0.2) is 24.1 Å². The standard InChI is InChI=1S/C10H13BrN2O2/c1-3-15-10(14)6-12-9-5-4-8(11)7(2)13-9/h4-5H,3,6H2,1-2H3,(H,12,13). The van der Waals surface area contributed by atoms with E-state index in [-0.39, 0.29) is 12.5 Å². The molecule has 0 radical (unpaired) electrons. The molecule has 0 saturated carbocycles. The lowest BCUT2D eigenvalue weighted by molar-refractivity contribution is -0.140. The minimum atomic E-state index is -0.278. The van der Waals surface area contributed by atoms with Crippen LogP contribution in [0.25, 0.3) is 0 Å². The van der Waals surface area contributed by atoms with Gasteiger partial charge in [0.1, 0.15) is 12.4 Å². The zero-order valence-electron chi connectivity index (χ0n) is 8.71. The van der Waals surface area contributed by atoms with Gasteiger partial charge in [0.25, 0.3) is 0 Å².